The van der Waals surface area contributed by atoms with E-state index in [9.17, 15) is 14.4 Å². The van der Waals surface area contributed by atoms with Crippen molar-refractivity contribution in [1.82, 2.24) is 19.5 Å². The Kier molecular flexibility index (Phi) is 4.72. The number of nitrogens with one attached hydrogen (secondary N) is 1. The molecule has 2 rings (SSSR count). The summed E-state index contributed by atoms with van der Waals surface area (Å²) >= 11 is 0. The van der Waals surface area contributed by atoms with Gasteiger partial charge in [0.05, 0.1) is 0 Å². The average molecular weight is 304 g/mol. The number of hydrogen-bond donors (Lipinski definition) is 2. The van der Waals surface area contributed by atoms with Crippen molar-refractivity contribution in [2.24, 2.45) is 0 Å². The van der Waals surface area contributed by atoms with Crippen molar-refractivity contribution in [3.05, 3.63) is 47.5 Å². The van der Waals surface area contributed by atoms with Crippen molar-refractivity contribution in [2.45, 2.75) is 25.4 Å². The molecule has 22 heavy (non-hydrogen) atoms. The molecule has 0 aliphatic carbocycles. The number of fused-ring (bicyclic) bond motifs is 1. The van der Waals surface area contributed by atoms with Gasteiger partial charge in [-0.3, -0.25) is 9.20 Å². The number of carboxylic acid groups (broad SMARTS) is 1. The molecule has 2 aromatic heterocycles. The number of aliphatic carboxylic acids is 1. The third-order valence-corrected chi connectivity index (χ3v) is 3.07. The normalized spacial score (nSPS) is 12.0. The molecule has 0 saturated heterocycles. The summed E-state index contributed by atoms with van der Waals surface area (Å²) < 4.78 is 2.30. The van der Waals surface area contributed by atoms with Crippen molar-refractivity contribution in [2.75, 3.05) is 0 Å². The molecule has 0 aliphatic rings. The Labute approximate surface area is 125 Å². The molecule has 2 aromatic rings. The summed E-state index contributed by atoms with van der Waals surface area (Å²) in [4.78, 5) is 35.0. The standard InChI is InChI=1S/C14H16N4O4/c1-2-3-6-10(13(20)21)15-12(19)9-18-14(22)17-8-5-4-7-11(17)16-18/h2,4-5,7-8,10H,1,3,6,9H2,(H,15,19)(H,20,21). The fourth-order valence-electron chi connectivity index (χ4n) is 1.99. The van der Waals surface area contributed by atoms with Crippen LogP contribution in [0, 0.1) is 0 Å². The van der Waals surface area contributed by atoms with Crippen LogP contribution >= 0.6 is 0 Å². The summed E-state index contributed by atoms with van der Waals surface area (Å²) in [5.41, 5.74) is -0.0366. The van der Waals surface area contributed by atoms with E-state index in [1.165, 1.54) is 4.40 Å². The summed E-state index contributed by atoms with van der Waals surface area (Å²) in [6.45, 7) is 3.18. The summed E-state index contributed by atoms with van der Waals surface area (Å²) in [6, 6.07) is 4.02. The smallest absolute Gasteiger partial charge is 0.350 e. The first kappa shape index (κ1) is 15.5. The van der Waals surface area contributed by atoms with E-state index in [4.69, 9.17) is 5.11 Å². The molecule has 2 N–H and O–H groups in total. The number of rotatable bonds is 7. The quantitative estimate of drug-likeness (QED) is 0.702. The summed E-state index contributed by atoms with van der Waals surface area (Å²) in [5, 5.41) is 15.4. The Hall–Kier alpha value is -2.90. The van der Waals surface area contributed by atoms with Crippen molar-refractivity contribution < 1.29 is 14.7 Å². The van der Waals surface area contributed by atoms with E-state index in [-0.39, 0.29) is 13.0 Å². The molecule has 0 aliphatic heterocycles. The minimum absolute atomic E-state index is 0.241. The Morgan fingerprint density at radius 2 is 2.23 bits per heavy atom. The van der Waals surface area contributed by atoms with E-state index in [2.05, 4.69) is 17.0 Å². The highest BCUT2D eigenvalue weighted by atomic mass is 16.4. The second kappa shape index (κ2) is 6.70. The third-order valence-electron chi connectivity index (χ3n) is 3.07. The summed E-state index contributed by atoms with van der Waals surface area (Å²) in [7, 11) is 0. The van der Waals surface area contributed by atoms with E-state index in [0.717, 1.165) is 4.68 Å². The summed E-state index contributed by atoms with van der Waals surface area (Å²) in [6.07, 6.45) is 3.83. The molecule has 0 saturated carbocycles. The molecular weight excluding hydrogens is 288 g/mol. The highest BCUT2D eigenvalue weighted by Crippen LogP contribution is 1.99. The van der Waals surface area contributed by atoms with Crippen LogP contribution in [0.5, 0.6) is 0 Å². The summed E-state index contributed by atoms with van der Waals surface area (Å²) in [5.74, 6) is -1.71. The van der Waals surface area contributed by atoms with E-state index < -0.39 is 23.6 Å². The zero-order chi connectivity index (χ0) is 16.1. The second-order valence-electron chi connectivity index (χ2n) is 4.69. The van der Waals surface area contributed by atoms with Gasteiger partial charge in [0.1, 0.15) is 12.6 Å². The van der Waals surface area contributed by atoms with E-state index in [1.807, 2.05) is 0 Å². The van der Waals surface area contributed by atoms with Crippen molar-refractivity contribution >= 4 is 17.5 Å². The van der Waals surface area contributed by atoms with Gasteiger partial charge in [0.2, 0.25) is 5.91 Å². The van der Waals surface area contributed by atoms with Crippen LogP contribution in [0.25, 0.3) is 5.65 Å². The van der Waals surface area contributed by atoms with Crippen LogP contribution in [0.15, 0.2) is 41.8 Å². The molecule has 8 nitrogen and oxygen atoms in total. The van der Waals surface area contributed by atoms with Gasteiger partial charge in [-0.05, 0) is 25.0 Å². The molecule has 0 aromatic carbocycles. The SMILES string of the molecule is C=CCCC(NC(=O)Cn1nc2ccccn2c1=O)C(=O)O. The number of hydrogen-bond acceptors (Lipinski definition) is 4. The zero-order valence-corrected chi connectivity index (χ0v) is 11.8. The Morgan fingerprint density at radius 1 is 1.45 bits per heavy atom. The topological polar surface area (TPSA) is 106 Å². The molecule has 0 radical (unpaired) electrons. The molecule has 116 valence electrons. The van der Waals surface area contributed by atoms with Gasteiger partial charge in [-0.15, -0.1) is 11.7 Å². The van der Waals surface area contributed by atoms with Crippen LogP contribution < -0.4 is 11.0 Å². The van der Waals surface area contributed by atoms with Gasteiger partial charge in [0, 0.05) is 6.20 Å². The van der Waals surface area contributed by atoms with Gasteiger partial charge >= 0.3 is 11.7 Å². The molecule has 0 spiro atoms. The third kappa shape index (κ3) is 3.40. The van der Waals surface area contributed by atoms with Gasteiger partial charge in [0.25, 0.3) is 0 Å². The van der Waals surface area contributed by atoms with E-state index in [0.29, 0.717) is 12.1 Å². The number of carbonyl (C=O) groups is 2. The number of carbonyl (C=O) groups excluding carboxylic acids is 1. The molecule has 1 amide bonds. The molecule has 1 unspecified atom stereocenters. The number of allylic oxidation sites excluding steroid dienone is 1. The van der Waals surface area contributed by atoms with Gasteiger partial charge in [0.15, 0.2) is 5.65 Å². The predicted octanol–water partition coefficient (Wildman–Crippen LogP) is 0.0316. The lowest BCUT2D eigenvalue weighted by molar-refractivity contribution is -0.142. The van der Waals surface area contributed by atoms with Gasteiger partial charge in [-0.25, -0.2) is 14.3 Å². The molecule has 0 fully saturated rings. The van der Waals surface area contributed by atoms with Crippen molar-refractivity contribution in [3.8, 4) is 0 Å². The number of amides is 1. The number of aromatic nitrogens is 3. The highest BCUT2D eigenvalue weighted by Gasteiger charge is 2.20. The lowest BCUT2D eigenvalue weighted by atomic mass is 10.1. The average Bonchev–Trinajstić information content (AvgIpc) is 2.80. The minimum Gasteiger partial charge on any atom is -0.480 e. The first-order chi connectivity index (χ1) is 10.5. The molecule has 2 heterocycles. The van der Waals surface area contributed by atoms with Crippen molar-refractivity contribution in [1.29, 1.82) is 0 Å². The molecule has 1 atom stereocenters. The zero-order valence-electron chi connectivity index (χ0n) is 11.8. The van der Waals surface area contributed by atoms with Gasteiger partial charge in [-0.2, -0.15) is 0 Å². The first-order valence-corrected chi connectivity index (χ1v) is 6.70. The van der Waals surface area contributed by atoms with Crippen LogP contribution in [-0.2, 0) is 16.1 Å². The largest absolute Gasteiger partial charge is 0.480 e. The number of nitrogens with zero attached hydrogens (tertiary/aromatic N) is 3. The second-order valence-corrected chi connectivity index (χ2v) is 4.69. The maximum absolute atomic E-state index is 12.0. The maximum atomic E-state index is 12.0. The fourth-order valence-corrected chi connectivity index (χ4v) is 1.99. The lowest BCUT2D eigenvalue weighted by Crippen LogP contribution is -2.43. The lowest BCUT2D eigenvalue weighted by Gasteiger charge is -2.13. The fraction of sp³-hybridized carbons (Fsp3) is 0.286. The van der Waals surface area contributed by atoms with Gasteiger partial charge in [-0.1, -0.05) is 12.1 Å². The van der Waals surface area contributed by atoms with Crippen LogP contribution in [0.3, 0.4) is 0 Å². The van der Waals surface area contributed by atoms with E-state index >= 15 is 0 Å². The molecular formula is C14H16N4O4. The Morgan fingerprint density at radius 3 is 2.86 bits per heavy atom. The monoisotopic (exact) mass is 304 g/mol. The Bertz CT molecular complexity index is 762. The number of pyridine rings is 1. The van der Waals surface area contributed by atoms with Crippen LogP contribution in [0.1, 0.15) is 12.8 Å². The number of carboxylic acids is 1. The van der Waals surface area contributed by atoms with Crippen LogP contribution in [0.4, 0.5) is 0 Å². The minimum atomic E-state index is -1.13. The molecule has 8 heteroatoms. The predicted molar refractivity (Wildman–Crippen MR) is 78.4 cm³/mol. The molecule has 0 bridgehead atoms. The van der Waals surface area contributed by atoms with E-state index in [1.54, 1.807) is 30.5 Å². The van der Waals surface area contributed by atoms with Crippen LogP contribution in [0.2, 0.25) is 0 Å². The Balaban J connectivity index is 2.09. The van der Waals surface area contributed by atoms with Gasteiger partial charge < -0.3 is 10.4 Å². The highest BCUT2D eigenvalue weighted by molar-refractivity contribution is 5.83. The van der Waals surface area contributed by atoms with Crippen LogP contribution in [-0.4, -0.2) is 37.2 Å². The maximum Gasteiger partial charge on any atom is 0.350 e. The first-order valence-electron chi connectivity index (χ1n) is 6.70. The van der Waals surface area contributed by atoms with Crippen molar-refractivity contribution in [3.63, 3.8) is 0 Å².